The van der Waals surface area contributed by atoms with E-state index in [0.717, 1.165) is 6.42 Å². The largest absolute Gasteiger partial charge is 0.228 e. The third kappa shape index (κ3) is 2.26. The van der Waals surface area contributed by atoms with Crippen LogP contribution >= 0.6 is 12.2 Å². The topological polar surface area (TPSA) is 12.4 Å². The Morgan fingerprint density at radius 1 is 1.33 bits per heavy atom. The quantitative estimate of drug-likeness (QED) is 0.511. The van der Waals surface area contributed by atoms with Crippen molar-refractivity contribution >= 4 is 17.4 Å². The van der Waals surface area contributed by atoms with Crippen molar-refractivity contribution in [2.45, 2.75) is 19.9 Å². The molecule has 1 aromatic carbocycles. The van der Waals surface area contributed by atoms with Crippen LogP contribution in [0.5, 0.6) is 0 Å². The molecule has 1 aromatic rings. The predicted octanol–water partition coefficient (Wildman–Crippen LogP) is 2.85. The van der Waals surface area contributed by atoms with Gasteiger partial charge in [-0.15, -0.1) is 0 Å². The van der Waals surface area contributed by atoms with Crippen LogP contribution in [0, 0.1) is 0 Å². The summed E-state index contributed by atoms with van der Waals surface area (Å²) >= 11 is 4.51. The molecule has 62 valence electrons. The Labute approximate surface area is 78.1 Å². The van der Waals surface area contributed by atoms with Crippen molar-refractivity contribution in [1.82, 2.24) is 0 Å². The first-order valence-corrected chi connectivity index (χ1v) is 4.39. The third-order valence-corrected chi connectivity index (χ3v) is 1.94. The van der Waals surface area contributed by atoms with Crippen LogP contribution in [-0.4, -0.2) is 5.16 Å². The maximum Gasteiger partial charge on any atom is 0.0746 e. The molecule has 0 fully saturated rings. The van der Waals surface area contributed by atoms with E-state index in [9.17, 15) is 0 Å². The maximum absolute atomic E-state index is 4.51. The summed E-state index contributed by atoms with van der Waals surface area (Å²) in [6.45, 7) is 2.80. The molecule has 0 spiro atoms. The van der Waals surface area contributed by atoms with Gasteiger partial charge in [0.15, 0.2) is 0 Å². The van der Waals surface area contributed by atoms with Crippen LogP contribution in [0.2, 0.25) is 0 Å². The molecule has 0 aromatic heterocycles. The molecule has 0 radical (unpaired) electrons. The Morgan fingerprint density at radius 2 is 2.00 bits per heavy atom. The van der Waals surface area contributed by atoms with Gasteiger partial charge in [0.25, 0.3) is 0 Å². The minimum absolute atomic E-state index is 0.660. The first-order valence-electron chi connectivity index (χ1n) is 3.99. The van der Waals surface area contributed by atoms with E-state index < -0.39 is 0 Å². The SMILES string of the molecule is CCc1ccccc1CN=C=S. The lowest BCUT2D eigenvalue weighted by molar-refractivity contribution is 1.01. The average Bonchev–Trinajstić information content (AvgIpc) is 2.15. The molecule has 1 nitrogen and oxygen atoms in total. The van der Waals surface area contributed by atoms with Crippen LogP contribution in [-0.2, 0) is 13.0 Å². The zero-order valence-corrected chi connectivity index (χ0v) is 7.90. The summed E-state index contributed by atoms with van der Waals surface area (Å²) < 4.78 is 0. The van der Waals surface area contributed by atoms with Crippen LogP contribution in [0.15, 0.2) is 29.3 Å². The van der Waals surface area contributed by atoms with Gasteiger partial charge in [-0.1, -0.05) is 31.2 Å². The summed E-state index contributed by atoms with van der Waals surface area (Å²) in [5.41, 5.74) is 2.59. The van der Waals surface area contributed by atoms with E-state index in [1.54, 1.807) is 0 Å². The molecule has 0 unspecified atom stereocenters. The predicted molar refractivity (Wildman–Crippen MR) is 54.6 cm³/mol. The highest BCUT2D eigenvalue weighted by Crippen LogP contribution is 2.09. The molecule has 0 aliphatic rings. The highest BCUT2D eigenvalue weighted by atomic mass is 32.1. The lowest BCUT2D eigenvalue weighted by Crippen LogP contribution is -1.89. The maximum atomic E-state index is 4.51. The van der Waals surface area contributed by atoms with E-state index in [1.165, 1.54) is 11.1 Å². The average molecular weight is 177 g/mol. The van der Waals surface area contributed by atoms with E-state index in [0.29, 0.717) is 6.54 Å². The number of hydrogen-bond donors (Lipinski definition) is 0. The second-order valence-electron chi connectivity index (χ2n) is 2.53. The molecule has 0 aliphatic carbocycles. The van der Waals surface area contributed by atoms with Gasteiger partial charge in [-0.05, 0) is 29.8 Å². The number of isothiocyanates is 1. The van der Waals surface area contributed by atoms with Crippen molar-refractivity contribution in [1.29, 1.82) is 0 Å². The van der Waals surface area contributed by atoms with Crippen molar-refractivity contribution in [3.8, 4) is 0 Å². The molecule has 0 saturated carbocycles. The van der Waals surface area contributed by atoms with Crippen LogP contribution in [0.1, 0.15) is 18.1 Å². The number of rotatable bonds is 3. The van der Waals surface area contributed by atoms with Crippen LogP contribution < -0.4 is 0 Å². The fourth-order valence-corrected chi connectivity index (χ4v) is 1.24. The second-order valence-corrected chi connectivity index (χ2v) is 2.71. The fraction of sp³-hybridized carbons (Fsp3) is 0.300. The van der Waals surface area contributed by atoms with Gasteiger partial charge in [-0.25, -0.2) is 4.99 Å². The standard InChI is InChI=1S/C10H11NS/c1-2-9-5-3-4-6-10(9)7-11-8-12/h3-6H,2,7H2,1H3. The number of aryl methyl sites for hydroxylation is 1. The third-order valence-electron chi connectivity index (χ3n) is 1.81. The Bertz CT molecular complexity index is 300. The summed E-state index contributed by atoms with van der Waals surface area (Å²) in [5, 5.41) is 2.38. The monoisotopic (exact) mass is 177 g/mol. The van der Waals surface area contributed by atoms with Crippen molar-refractivity contribution in [2.75, 3.05) is 0 Å². The van der Waals surface area contributed by atoms with Crippen molar-refractivity contribution in [3.05, 3.63) is 35.4 Å². The minimum Gasteiger partial charge on any atom is -0.228 e. The molecule has 0 aliphatic heterocycles. The highest BCUT2D eigenvalue weighted by Gasteiger charge is 1.96. The summed E-state index contributed by atoms with van der Waals surface area (Å²) in [4.78, 5) is 3.92. The summed E-state index contributed by atoms with van der Waals surface area (Å²) in [7, 11) is 0. The van der Waals surface area contributed by atoms with E-state index >= 15 is 0 Å². The Balaban J connectivity index is 2.88. The van der Waals surface area contributed by atoms with Gasteiger partial charge in [0.1, 0.15) is 0 Å². The van der Waals surface area contributed by atoms with Crippen LogP contribution in [0.4, 0.5) is 0 Å². The summed E-state index contributed by atoms with van der Waals surface area (Å²) in [6, 6.07) is 8.26. The van der Waals surface area contributed by atoms with E-state index in [2.05, 4.69) is 41.4 Å². The Kier molecular flexibility index (Phi) is 3.65. The van der Waals surface area contributed by atoms with Gasteiger partial charge in [-0.2, -0.15) is 0 Å². The van der Waals surface area contributed by atoms with Crippen molar-refractivity contribution < 1.29 is 0 Å². The normalized spacial score (nSPS) is 9.08. The van der Waals surface area contributed by atoms with Gasteiger partial charge >= 0.3 is 0 Å². The van der Waals surface area contributed by atoms with Gasteiger partial charge in [0.2, 0.25) is 0 Å². The van der Waals surface area contributed by atoms with Gasteiger partial charge in [-0.3, -0.25) is 0 Å². The smallest absolute Gasteiger partial charge is 0.0746 e. The molecule has 0 bridgehead atoms. The minimum atomic E-state index is 0.660. The first-order chi connectivity index (χ1) is 5.88. The van der Waals surface area contributed by atoms with Gasteiger partial charge < -0.3 is 0 Å². The molecule has 0 heterocycles. The molecule has 0 amide bonds. The number of nitrogens with zero attached hydrogens (tertiary/aromatic N) is 1. The molecular formula is C10H11NS. The molecule has 0 atom stereocenters. The summed E-state index contributed by atoms with van der Waals surface area (Å²) in [6.07, 6.45) is 1.04. The van der Waals surface area contributed by atoms with Crippen LogP contribution in [0.3, 0.4) is 0 Å². The second kappa shape index (κ2) is 4.81. The lowest BCUT2D eigenvalue weighted by atomic mass is 10.1. The zero-order chi connectivity index (χ0) is 8.81. The molecular weight excluding hydrogens is 166 g/mol. The van der Waals surface area contributed by atoms with E-state index in [-0.39, 0.29) is 0 Å². The number of hydrogen-bond acceptors (Lipinski definition) is 2. The van der Waals surface area contributed by atoms with Crippen molar-refractivity contribution in [2.24, 2.45) is 4.99 Å². The molecule has 0 saturated heterocycles. The number of thiocarbonyl (C=S) groups is 1. The molecule has 0 N–H and O–H groups in total. The number of aliphatic imine (C=N–C) groups is 1. The fourth-order valence-electron chi connectivity index (χ4n) is 1.17. The Morgan fingerprint density at radius 3 is 2.58 bits per heavy atom. The number of benzene rings is 1. The molecule has 2 heteroatoms. The highest BCUT2D eigenvalue weighted by molar-refractivity contribution is 7.78. The first kappa shape index (κ1) is 9.11. The van der Waals surface area contributed by atoms with Crippen molar-refractivity contribution in [3.63, 3.8) is 0 Å². The van der Waals surface area contributed by atoms with Gasteiger partial charge in [0.05, 0.1) is 11.7 Å². The van der Waals surface area contributed by atoms with Gasteiger partial charge in [0, 0.05) is 0 Å². The Hall–Kier alpha value is -0.980. The van der Waals surface area contributed by atoms with E-state index in [1.807, 2.05) is 12.1 Å². The van der Waals surface area contributed by atoms with E-state index in [4.69, 9.17) is 0 Å². The molecule has 1 rings (SSSR count). The lowest BCUT2D eigenvalue weighted by Gasteiger charge is -2.02. The van der Waals surface area contributed by atoms with Crippen LogP contribution in [0.25, 0.3) is 0 Å². The zero-order valence-electron chi connectivity index (χ0n) is 7.08. The summed E-state index contributed by atoms with van der Waals surface area (Å²) in [5.74, 6) is 0. The molecule has 12 heavy (non-hydrogen) atoms.